The van der Waals surface area contributed by atoms with Crippen LogP contribution in [0.25, 0.3) is 0 Å². The Morgan fingerprint density at radius 2 is 1.81 bits per heavy atom. The lowest BCUT2D eigenvalue weighted by atomic mass is 10.1. The van der Waals surface area contributed by atoms with Crippen LogP contribution in [0.3, 0.4) is 0 Å². The molecule has 1 unspecified atom stereocenters. The first-order valence-electron chi connectivity index (χ1n) is 10.7. The van der Waals surface area contributed by atoms with Crippen LogP contribution < -0.4 is 4.90 Å². The van der Waals surface area contributed by atoms with Gasteiger partial charge < -0.3 is 24.0 Å². The van der Waals surface area contributed by atoms with Gasteiger partial charge >= 0.3 is 12.2 Å². The Hall–Kier alpha value is -2.88. The highest BCUT2D eigenvalue weighted by atomic mass is 19.1. The number of anilines is 1. The zero-order chi connectivity index (χ0) is 23.5. The number of piperazine rings is 1. The van der Waals surface area contributed by atoms with E-state index in [1.54, 1.807) is 20.8 Å². The number of carbonyl (C=O) groups excluding carboxylic acids is 3. The van der Waals surface area contributed by atoms with E-state index in [1.807, 2.05) is 6.92 Å². The van der Waals surface area contributed by atoms with Crippen molar-refractivity contribution in [2.75, 3.05) is 50.9 Å². The van der Waals surface area contributed by atoms with E-state index in [2.05, 4.69) is 0 Å². The molecule has 1 aromatic rings. The molecule has 2 aliphatic rings. The SMILES string of the molecule is CCOCC1COC(=O)N1c1ccc(C(=O)N2CCN(C(=O)OC(C)(C)C)CC2)c(F)c1. The van der Waals surface area contributed by atoms with E-state index in [9.17, 15) is 18.8 Å². The van der Waals surface area contributed by atoms with Gasteiger partial charge in [-0.25, -0.2) is 14.0 Å². The van der Waals surface area contributed by atoms with Crippen molar-refractivity contribution in [3.05, 3.63) is 29.6 Å². The third-order valence-electron chi connectivity index (χ3n) is 5.16. The van der Waals surface area contributed by atoms with Crippen LogP contribution in [0.2, 0.25) is 0 Å². The average molecular weight is 451 g/mol. The Morgan fingerprint density at radius 1 is 1.16 bits per heavy atom. The fourth-order valence-corrected chi connectivity index (χ4v) is 3.57. The predicted octanol–water partition coefficient (Wildman–Crippen LogP) is 2.88. The number of hydrogen-bond acceptors (Lipinski definition) is 6. The third kappa shape index (κ3) is 5.48. The van der Waals surface area contributed by atoms with Crippen molar-refractivity contribution in [2.24, 2.45) is 0 Å². The molecule has 0 saturated carbocycles. The molecule has 2 fully saturated rings. The van der Waals surface area contributed by atoms with Crippen LogP contribution in [0.5, 0.6) is 0 Å². The second kappa shape index (κ2) is 9.72. The van der Waals surface area contributed by atoms with E-state index < -0.39 is 29.5 Å². The Kier molecular flexibility index (Phi) is 7.22. The average Bonchev–Trinajstić information content (AvgIpc) is 3.10. The molecule has 0 radical (unpaired) electrons. The molecule has 0 N–H and O–H groups in total. The number of ether oxygens (including phenoxy) is 3. The van der Waals surface area contributed by atoms with Gasteiger partial charge in [-0.05, 0) is 45.9 Å². The summed E-state index contributed by atoms with van der Waals surface area (Å²) in [6, 6.07) is 3.70. The second-order valence-corrected chi connectivity index (χ2v) is 8.68. The summed E-state index contributed by atoms with van der Waals surface area (Å²) in [5.41, 5.74) is -0.382. The van der Waals surface area contributed by atoms with Crippen molar-refractivity contribution in [3.8, 4) is 0 Å². The number of amides is 3. The lowest BCUT2D eigenvalue weighted by Crippen LogP contribution is -2.51. The minimum absolute atomic E-state index is 0.0895. The van der Waals surface area contributed by atoms with Gasteiger partial charge in [-0.15, -0.1) is 0 Å². The second-order valence-electron chi connectivity index (χ2n) is 8.68. The van der Waals surface area contributed by atoms with E-state index in [4.69, 9.17) is 14.2 Å². The maximum atomic E-state index is 14.9. The van der Waals surface area contributed by atoms with Gasteiger partial charge in [-0.2, -0.15) is 0 Å². The Bertz CT molecular complexity index is 864. The first-order valence-corrected chi connectivity index (χ1v) is 10.7. The monoisotopic (exact) mass is 451 g/mol. The minimum Gasteiger partial charge on any atom is -0.447 e. The van der Waals surface area contributed by atoms with Crippen molar-refractivity contribution < 1.29 is 33.0 Å². The molecule has 0 aliphatic carbocycles. The molecule has 1 atom stereocenters. The molecule has 2 heterocycles. The first kappa shape index (κ1) is 23.8. The van der Waals surface area contributed by atoms with Gasteiger partial charge in [0.2, 0.25) is 0 Å². The largest absolute Gasteiger partial charge is 0.447 e. The van der Waals surface area contributed by atoms with Crippen molar-refractivity contribution in [1.29, 1.82) is 0 Å². The number of rotatable bonds is 5. The lowest BCUT2D eigenvalue weighted by molar-refractivity contribution is 0.0140. The molecule has 2 aliphatic heterocycles. The molecule has 0 bridgehead atoms. The normalized spacial score (nSPS) is 19.2. The van der Waals surface area contributed by atoms with Gasteiger partial charge in [0.05, 0.1) is 23.9 Å². The predicted molar refractivity (Wildman–Crippen MR) is 114 cm³/mol. The summed E-state index contributed by atoms with van der Waals surface area (Å²) >= 11 is 0. The summed E-state index contributed by atoms with van der Waals surface area (Å²) in [6.07, 6.45) is -1.01. The van der Waals surface area contributed by atoms with E-state index in [0.717, 1.165) is 6.07 Å². The highest BCUT2D eigenvalue weighted by molar-refractivity contribution is 5.96. The van der Waals surface area contributed by atoms with Crippen LogP contribution in [0, 0.1) is 5.82 Å². The Labute approximate surface area is 187 Å². The maximum absolute atomic E-state index is 14.9. The maximum Gasteiger partial charge on any atom is 0.414 e. The zero-order valence-corrected chi connectivity index (χ0v) is 18.9. The number of cyclic esters (lactones) is 1. The third-order valence-corrected chi connectivity index (χ3v) is 5.16. The van der Waals surface area contributed by atoms with E-state index in [1.165, 1.54) is 26.8 Å². The summed E-state index contributed by atoms with van der Waals surface area (Å²) in [7, 11) is 0. The highest BCUT2D eigenvalue weighted by Gasteiger charge is 2.35. The Balaban J connectivity index is 1.65. The van der Waals surface area contributed by atoms with E-state index in [0.29, 0.717) is 25.4 Å². The molecule has 10 heteroatoms. The standard InChI is InChI=1S/C22H30FN3O6/c1-5-30-13-16-14-31-21(29)26(16)15-6-7-17(18(23)12-15)19(27)24-8-10-25(11-9-24)20(28)32-22(2,3)4/h6-7,12,16H,5,8-11,13-14H2,1-4H3. The quantitative estimate of drug-likeness (QED) is 0.684. The lowest BCUT2D eigenvalue weighted by Gasteiger charge is -2.35. The van der Waals surface area contributed by atoms with Crippen LogP contribution in [0.15, 0.2) is 18.2 Å². The smallest absolute Gasteiger partial charge is 0.414 e. The summed E-state index contributed by atoms with van der Waals surface area (Å²) in [5, 5.41) is 0. The number of carbonyl (C=O) groups is 3. The fraction of sp³-hybridized carbons (Fsp3) is 0.591. The van der Waals surface area contributed by atoms with Crippen molar-refractivity contribution >= 4 is 23.8 Å². The van der Waals surface area contributed by atoms with Gasteiger partial charge in [0, 0.05) is 32.8 Å². The summed E-state index contributed by atoms with van der Waals surface area (Å²) < 4.78 is 30.7. The molecular formula is C22H30FN3O6. The highest BCUT2D eigenvalue weighted by Crippen LogP contribution is 2.26. The summed E-state index contributed by atoms with van der Waals surface area (Å²) in [6.45, 7) is 9.28. The van der Waals surface area contributed by atoms with Crippen LogP contribution in [0.1, 0.15) is 38.1 Å². The molecule has 9 nitrogen and oxygen atoms in total. The molecule has 3 rings (SSSR count). The summed E-state index contributed by atoms with van der Waals surface area (Å²) in [4.78, 5) is 41.5. The van der Waals surface area contributed by atoms with Gasteiger partial charge in [0.25, 0.3) is 5.91 Å². The van der Waals surface area contributed by atoms with Gasteiger partial charge in [-0.3, -0.25) is 9.69 Å². The van der Waals surface area contributed by atoms with Crippen molar-refractivity contribution in [2.45, 2.75) is 39.3 Å². The minimum atomic E-state index is -0.725. The molecule has 0 spiro atoms. The molecule has 32 heavy (non-hydrogen) atoms. The molecule has 176 valence electrons. The first-order chi connectivity index (χ1) is 15.1. The molecule has 0 aromatic heterocycles. The van der Waals surface area contributed by atoms with Gasteiger partial charge in [0.15, 0.2) is 0 Å². The van der Waals surface area contributed by atoms with E-state index in [-0.39, 0.29) is 37.9 Å². The van der Waals surface area contributed by atoms with Gasteiger partial charge in [0.1, 0.15) is 18.0 Å². The molecule has 2 saturated heterocycles. The number of hydrogen-bond donors (Lipinski definition) is 0. The molecular weight excluding hydrogens is 421 g/mol. The molecule has 3 amide bonds. The number of halogens is 1. The summed E-state index contributed by atoms with van der Waals surface area (Å²) in [5.74, 6) is -1.19. The van der Waals surface area contributed by atoms with Gasteiger partial charge in [-0.1, -0.05) is 0 Å². The van der Waals surface area contributed by atoms with Crippen molar-refractivity contribution in [1.82, 2.24) is 9.80 Å². The fourth-order valence-electron chi connectivity index (χ4n) is 3.57. The number of benzene rings is 1. The molecule has 1 aromatic carbocycles. The van der Waals surface area contributed by atoms with E-state index >= 15 is 0 Å². The van der Waals surface area contributed by atoms with Crippen LogP contribution in [-0.4, -0.2) is 85.5 Å². The van der Waals surface area contributed by atoms with Crippen LogP contribution in [-0.2, 0) is 14.2 Å². The van der Waals surface area contributed by atoms with Crippen molar-refractivity contribution in [3.63, 3.8) is 0 Å². The number of nitrogens with zero attached hydrogens (tertiary/aromatic N) is 3. The Morgan fingerprint density at radius 3 is 2.41 bits per heavy atom. The zero-order valence-electron chi connectivity index (χ0n) is 18.9. The van der Waals surface area contributed by atoms with Crippen LogP contribution in [0.4, 0.5) is 19.7 Å². The topological polar surface area (TPSA) is 88.6 Å². The van der Waals surface area contributed by atoms with Crippen LogP contribution >= 0.6 is 0 Å².